The summed E-state index contributed by atoms with van der Waals surface area (Å²) in [5, 5.41) is 0.264. The van der Waals surface area contributed by atoms with Crippen molar-refractivity contribution in [1.82, 2.24) is 4.90 Å². The van der Waals surface area contributed by atoms with Crippen molar-refractivity contribution in [1.29, 1.82) is 0 Å². The van der Waals surface area contributed by atoms with Crippen molar-refractivity contribution in [2.75, 3.05) is 6.54 Å². The third-order valence-electron chi connectivity index (χ3n) is 2.60. The third-order valence-corrected chi connectivity index (χ3v) is 2.80. The number of hydrogen-bond acceptors (Lipinski definition) is 2. The molecule has 4 heteroatoms. The molecule has 1 aromatic heterocycles. The fourth-order valence-electron chi connectivity index (χ4n) is 1.81. The molecule has 1 aromatic rings. The van der Waals surface area contributed by atoms with Crippen molar-refractivity contribution < 1.29 is 9.21 Å². The van der Waals surface area contributed by atoms with Gasteiger partial charge in [-0.15, -0.1) is 0 Å². The lowest BCUT2D eigenvalue weighted by Crippen LogP contribution is -2.33. The largest absolute Gasteiger partial charge is 0.440 e. The Balaban J connectivity index is 2.15. The fourth-order valence-corrected chi connectivity index (χ4v) is 1.95. The van der Waals surface area contributed by atoms with Crippen molar-refractivity contribution in [2.45, 2.75) is 25.8 Å². The molecule has 0 aromatic carbocycles. The van der Waals surface area contributed by atoms with Crippen LogP contribution in [0.15, 0.2) is 16.5 Å². The van der Waals surface area contributed by atoms with Gasteiger partial charge in [-0.1, -0.05) is 0 Å². The molecular formula is C10H12ClNO2. The van der Waals surface area contributed by atoms with Crippen molar-refractivity contribution in [2.24, 2.45) is 0 Å². The smallest absolute Gasteiger partial charge is 0.289 e. The number of carbonyl (C=O) groups is 1. The Morgan fingerprint density at radius 1 is 1.64 bits per heavy atom. The predicted molar refractivity (Wildman–Crippen MR) is 53.5 cm³/mol. The van der Waals surface area contributed by atoms with E-state index in [0.717, 1.165) is 19.4 Å². The number of hydrogen-bond donors (Lipinski definition) is 0. The molecule has 0 N–H and O–H groups in total. The molecule has 0 bridgehead atoms. The van der Waals surface area contributed by atoms with Gasteiger partial charge in [-0.3, -0.25) is 4.79 Å². The van der Waals surface area contributed by atoms with Crippen molar-refractivity contribution >= 4 is 17.5 Å². The molecule has 1 aliphatic rings. The summed E-state index contributed by atoms with van der Waals surface area (Å²) < 4.78 is 5.08. The van der Waals surface area contributed by atoms with E-state index in [-0.39, 0.29) is 11.1 Å². The van der Waals surface area contributed by atoms with E-state index in [9.17, 15) is 4.79 Å². The third kappa shape index (κ3) is 1.64. The molecule has 0 spiro atoms. The van der Waals surface area contributed by atoms with E-state index in [0.29, 0.717) is 11.8 Å². The maximum absolute atomic E-state index is 11.8. The standard InChI is InChI=1S/C10H12ClNO2/c1-7-3-2-6-12(7)10(13)8-4-5-9(11)14-8/h4-5,7H,2-3,6H2,1H3. The van der Waals surface area contributed by atoms with Crippen LogP contribution in [0.2, 0.25) is 5.22 Å². The van der Waals surface area contributed by atoms with Gasteiger partial charge in [0.15, 0.2) is 11.0 Å². The van der Waals surface area contributed by atoms with Crippen LogP contribution in [0.3, 0.4) is 0 Å². The van der Waals surface area contributed by atoms with Gasteiger partial charge in [-0.25, -0.2) is 0 Å². The predicted octanol–water partition coefficient (Wildman–Crippen LogP) is 2.56. The average Bonchev–Trinajstić information content (AvgIpc) is 2.73. The summed E-state index contributed by atoms with van der Waals surface area (Å²) >= 11 is 5.61. The summed E-state index contributed by atoms with van der Waals surface area (Å²) in [4.78, 5) is 13.7. The first kappa shape index (κ1) is 9.59. The molecule has 0 aliphatic carbocycles. The first-order valence-corrected chi connectivity index (χ1v) is 5.12. The van der Waals surface area contributed by atoms with Gasteiger partial charge in [-0.2, -0.15) is 0 Å². The maximum atomic E-state index is 11.8. The Morgan fingerprint density at radius 3 is 2.93 bits per heavy atom. The van der Waals surface area contributed by atoms with E-state index >= 15 is 0 Å². The molecule has 2 heterocycles. The molecule has 2 rings (SSSR count). The Morgan fingerprint density at radius 2 is 2.43 bits per heavy atom. The van der Waals surface area contributed by atoms with E-state index in [4.69, 9.17) is 16.0 Å². The SMILES string of the molecule is CC1CCCN1C(=O)c1ccc(Cl)o1. The molecule has 76 valence electrons. The summed E-state index contributed by atoms with van der Waals surface area (Å²) in [6, 6.07) is 3.52. The first-order chi connectivity index (χ1) is 6.68. The lowest BCUT2D eigenvalue weighted by Gasteiger charge is -2.19. The lowest BCUT2D eigenvalue weighted by atomic mass is 10.2. The van der Waals surface area contributed by atoms with Gasteiger partial charge in [0, 0.05) is 12.6 Å². The number of rotatable bonds is 1. The Hall–Kier alpha value is -0.960. The zero-order chi connectivity index (χ0) is 10.1. The Bertz CT molecular complexity index is 348. The second-order valence-electron chi connectivity index (χ2n) is 3.59. The van der Waals surface area contributed by atoms with Crippen LogP contribution in [0.1, 0.15) is 30.3 Å². The average molecular weight is 214 g/mol. The summed E-state index contributed by atoms with van der Waals surface area (Å²) in [6.45, 7) is 2.87. The summed E-state index contributed by atoms with van der Waals surface area (Å²) in [6.07, 6.45) is 2.14. The van der Waals surface area contributed by atoms with Gasteiger partial charge < -0.3 is 9.32 Å². The number of carbonyl (C=O) groups excluding carboxylic acids is 1. The molecule has 1 amide bonds. The van der Waals surface area contributed by atoms with Crippen LogP contribution in [-0.2, 0) is 0 Å². The van der Waals surface area contributed by atoms with Crippen LogP contribution in [0, 0.1) is 0 Å². The number of halogens is 1. The fraction of sp³-hybridized carbons (Fsp3) is 0.500. The van der Waals surface area contributed by atoms with Gasteiger partial charge in [0.2, 0.25) is 0 Å². The van der Waals surface area contributed by atoms with Crippen molar-refractivity contribution in [3.05, 3.63) is 23.1 Å². The van der Waals surface area contributed by atoms with E-state index in [1.807, 2.05) is 4.90 Å². The summed E-state index contributed by atoms with van der Waals surface area (Å²) in [5.41, 5.74) is 0. The number of amides is 1. The topological polar surface area (TPSA) is 33.5 Å². The lowest BCUT2D eigenvalue weighted by molar-refractivity contribution is 0.0715. The summed E-state index contributed by atoms with van der Waals surface area (Å²) in [7, 11) is 0. The van der Waals surface area contributed by atoms with Crippen molar-refractivity contribution in [3.8, 4) is 0 Å². The number of furan rings is 1. The Kier molecular flexibility index (Phi) is 2.50. The van der Waals surface area contributed by atoms with Gasteiger partial charge >= 0.3 is 0 Å². The van der Waals surface area contributed by atoms with Crippen LogP contribution in [-0.4, -0.2) is 23.4 Å². The number of nitrogens with zero attached hydrogens (tertiary/aromatic N) is 1. The molecule has 1 atom stereocenters. The Labute approximate surface area is 87.6 Å². The molecule has 1 saturated heterocycles. The zero-order valence-electron chi connectivity index (χ0n) is 8.00. The molecule has 0 saturated carbocycles. The number of likely N-dealkylation sites (tertiary alicyclic amines) is 1. The van der Waals surface area contributed by atoms with Crippen LogP contribution in [0.5, 0.6) is 0 Å². The highest BCUT2D eigenvalue weighted by atomic mass is 35.5. The van der Waals surface area contributed by atoms with Crippen LogP contribution in [0.25, 0.3) is 0 Å². The van der Waals surface area contributed by atoms with Gasteiger partial charge in [0.1, 0.15) is 0 Å². The molecule has 14 heavy (non-hydrogen) atoms. The second-order valence-corrected chi connectivity index (χ2v) is 3.97. The van der Waals surface area contributed by atoms with Gasteiger partial charge in [0.05, 0.1) is 0 Å². The molecule has 1 aliphatic heterocycles. The minimum Gasteiger partial charge on any atom is -0.440 e. The summed E-state index contributed by atoms with van der Waals surface area (Å²) in [5.74, 6) is 0.283. The normalized spacial score (nSPS) is 21.6. The molecule has 3 nitrogen and oxygen atoms in total. The highest BCUT2D eigenvalue weighted by molar-refractivity contribution is 6.29. The molecule has 1 unspecified atom stereocenters. The van der Waals surface area contributed by atoms with Crippen molar-refractivity contribution in [3.63, 3.8) is 0 Å². The molecular weight excluding hydrogens is 202 g/mol. The molecule has 0 radical (unpaired) electrons. The first-order valence-electron chi connectivity index (χ1n) is 4.75. The molecule has 1 fully saturated rings. The highest BCUT2D eigenvalue weighted by Crippen LogP contribution is 2.21. The second kappa shape index (κ2) is 3.65. The minimum absolute atomic E-state index is 0.0538. The zero-order valence-corrected chi connectivity index (χ0v) is 8.75. The van der Waals surface area contributed by atoms with Gasteiger partial charge in [0.25, 0.3) is 5.91 Å². The highest BCUT2D eigenvalue weighted by Gasteiger charge is 2.27. The van der Waals surface area contributed by atoms with E-state index in [1.54, 1.807) is 12.1 Å². The quantitative estimate of drug-likeness (QED) is 0.719. The van der Waals surface area contributed by atoms with E-state index in [2.05, 4.69) is 6.92 Å². The minimum atomic E-state index is -0.0538. The van der Waals surface area contributed by atoms with E-state index in [1.165, 1.54) is 0 Å². The van der Waals surface area contributed by atoms with E-state index < -0.39 is 0 Å². The maximum Gasteiger partial charge on any atom is 0.289 e. The van der Waals surface area contributed by atoms with Crippen LogP contribution in [0.4, 0.5) is 0 Å². The monoisotopic (exact) mass is 213 g/mol. The van der Waals surface area contributed by atoms with Crippen LogP contribution >= 0.6 is 11.6 Å². The van der Waals surface area contributed by atoms with Crippen LogP contribution < -0.4 is 0 Å². The van der Waals surface area contributed by atoms with Gasteiger partial charge in [-0.05, 0) is 43.5 Å².